The Morgan fingerprint density at radius 3 is 1.25 bits per heavy atom. The molecular formula is C27H30O5. The first kappa shape index (κ1) is 24.8. The highest BCUT2D eigenvalue weighted by Crippen LogP contribution is 2.35. The molecule has 0 saturated heterocycles. The molecular weight excluding hydrogens is 404 g/mol. The molecule has 0 aliphatic rings. The van der Waals surface area contributed by atoms with E-state index in [-0.39, 0.29) is 16.9 Å². The van der Waals surface area contributed by atoms with Crippen molar-refractivity contribution in [3.8, 4) is 0 Å². The van der Waals surface area contributed by atoms with E-state index in [9.17, 15) is 14.4 Å². The van der Waals surface area contributed by atoms with E-state index in [2.05, 4.69) is 13.2 Å². The van der Waals surface area contributed by atoms with Gasteiger partial charge < -0.3 is 9.47 Å². The summed E-state index contributed by atoms with van der Waals surface area (Å²) in [6, 6.07) is 18.2. The van der Waals surface area contributed by atoms with E-state index in [4.69, 9.17) is 9.47 Å². The molecule has 2 aromatic rings. The first-order chi connectivity index (χ1) is 15.1. The lowest BCUT2D eigenvalue weighted by molar-refractivity contribution is -0.154. The Balaban J connectivity index is 2.37. The fourth-order valence-electron chi connectivity index (χ4n) is 3.35. The SMILES string of the molecule is C=C(C)C(=O)OC(c1ccccc1)C(C)C(=O)C(C)C(OC(=O)C(=C)C)c1ccccc1. The Hall–Kier alpha value is -3.47. The van der Waals surface area contributed by atoms with Crippen molar-refractivity contribution in [3.05, 3.63) is 96.1 Å². The number of rotatable bonds is 10. The number of ether oxygens (including phenoxy) is 2. The summed E-state index contributed by atoms with van der Waals surface area (Å²) in [6.45, 7) is 13.8. The fourth-order valence-corrected chi connectivity index (χ4v) is 3.35. The second-order valence-electron chi connectivity index (χ2n) is 8.01. The van der Waals surface area contributed by atoms with Crippen molar-refractivity contribution < 1.29 is 23.9 Å². The lowest BCUT2D eigenvalue weighted by atomic mass is 9.83. The Morgan fingerprint density at radius 1 is 0.656 bits per heavy atom. The highest BCUT2D eigenvalue weighted by molar-refractivity contribution is 5.89. The van der Waals surface area contributed by atoms with Crippen LogP contribution in [0.5, 0.6) is 0 Å². The van der Waals surface area contributed by atoms with E-state index >= 15 is 0 Å². The molecule has 168 valence electrons. The summed E-state index contributed by atoms with van der Waals surface area (Å²) in [6.07, 6.45) is -1.60. The first-order valence-electron chi connectivity index (χ1n) is 10.5. The van der Waals surface area contributed by atoms with Gasteiger partial charge in [0.15, 0.2) is 0 Å². The molecule has 0 spiro atoms. The number of hydrogen-bond acceptors (Lipinski definition) is 5. The van der Waals surface area contributed by atoms with Crippen LogP contribution in [0.25, 0.3) is 0 Å². The van der Waals surface area contributed by atoms with Crippen LogP contribution in [0.2, 0.25) is 0 Å². The van der Waals surface area contributed by atoms with Crippen LogP contribution >= 0.6 is 0 Å². The number of benzene rings is 2. The second kappa shape index (κ2) is 11.2. The molecule has 2 aromatic carbocycles. The van der Waals surface area contributed by atoms with Gasteiger partial charge in [-0.2, -0.15) is 0 Å². The molecule has 0 bridgehead atoms. The monoisotopic (exact) mass is 434 g/mol. The van der Waals surface area contributed by atoms with Gasteiger partial charge >= 0.3 is 11.9 Å². The van der Waals surface area contributed by atoms with Gasteiger partial charge in [0.1, 0.15) is 18.0 Å². The zero-order chi connectivity index (χ0) is 23.8. The Bertz CT molecular complexity index is 898. The van der Waals surface area contributed by atoms with E-state index < -0.39 is 36.0 Å². The van der Waals surface area contributed by atoms with Crippen LogP contribution in [0, 0.1) is 11.8 Å². The number of carbonyl (C=O) groups is 3. The smallest absolute Gasteiger partial charge is 0.333 e. The number of Topliss-reactive ketones (excluding diaryl/α,β-unsaturated/α-hetero) is 1. The lowest BCUT2D eigenvalue weighted by Crippen LogP contribution is -2.32. The summed E-state index contributed by atoms with van der Waals surface area (Å²) in [5.41, 5.74) is 1.89. The zero-order valence-electron chi connectivity index (χ0n) is 19.0. The predicted octanol–water partition coefficient (Wildman–Crippen LogP) is 5.55. The highest BCUT2D eigenvalue weighted by atomic mass is 16.5. The van der Waals surface area contributed by atoms with Crippen molar-refractivity contribution in [2.75, 3.05) is 0 Å². The van der Waals surface area contributed by atoms with E-state index in [0.29, 0.717) is 11.1 Å². The number of hydrogen-bond donors (Lipinski definition) is 0. The minimum absolute atomic E-state index is 0.197. The van der Waals surface area contributed by atoms with Gasteiger partial charge in [-0.3, -0.25) is 4.79 Å². The molecule has 4 atom stereocenters. The van der Waals surface area contributed by atoms with Gasteiger partial charge in [0, 0.05) is 11.1 Å². The van der Waals surface area contributed by atoms with Gasteiger partial charge in [0.25, 0.3) is 0 Å². The third kappa shape index (κ3) is 6.27. The quantitative estimate of drug-likeness (QED) is 0.362. The summed E-state index contributed by atoms with van der Waals surface area (Å²) in [5.74, 6) is -2.72. The van der Waals surface area contributed by atoms with Crippen LogP contribution in [-0.4, -0.2) is 17.7 Å². The fraction of sp³-hybridized carbons (Fsp3) is 0.296. The normalized spacial score (nSPS) is 14.4. The van der Waals surface area contributed by atoms with Crippen molar-refractivity contribution in [1.82, 2.24) is 0 Å². The van der Waals surface area contributed by atoms with Crippen molar-refractivity contribution >= 4 is 17.7 Å². The topological polar surface area (TPSA) is 69.7 Å². The molecule has 0 heterocycles. The van der Waals surface area contributed by atoms with Crippen LogP contribution in [0.1, 0.15) is 51.0 Å². The maximum Gasteiger partial charge on any atom is 0.333 e. The molecule has 0 amide bonds. The Kier molecular flexibility index (Phi) is 8.71. The van der Waals surface area contributed by atoms with E-state index in [1.807, 2.05) is 36.4 Å². The maximum atomic E-state index is 13.5. The van der Waals surface area contributed by atoms with Gasteiger partial charge in [0.05, 0.1) is 11.8 Å². The minimum Gasteiger partial charge on any atom is -0.453 e. The average Bonchev–Trinajstić information content (AvgIpc) is 2.80. The Labute approximate surface area is 189 Å². The summed E-state index contributed by atoms with van der Waals surface area (Å²) < 4.78 is 11.3. The molecule has 0 fully saturated rings. The third-order valence-corrected chi connectivity index (χ3v) is 5.23. The Morgan fingerprint density at radius 2 is 0.969 bits per heavy atom. The predicted molar refractivity (Wildman–Crippen MR) is 124 cm³/mol. The van der Waals surface area contributed by atoms with E-state index in [1.165, 1.54) is 0 Å². The summed E-state index contributed by atoms with van der Waals surface area (Å²) in [5, 5.41) is 0. The van der Waals surface area contributed by atoms with Crippen molar-refractivity contribution in [3.63, 3.8) is 0 Å². The number of esters is 2. The van der Waals surface area contributed by atoms with Gasteiger partial charge in [0.2, 0.25) is 0 Å². The molecule has 4 unspecified atom stereocenters. The van der Waals surface area contributed by atoms with Crippen LogP contribution in [0.4, 0.5) is 0 Å². The lowest BCUT2D eigenvalue weighted by Gasteiger charge is -2.29. The number of ketones is 1. The van der Waals surface area contributed by atoms with Crippen LogP contribution in [0.15, 0.2) is 85.0 Å². The maximum absolute atomic E-state index is 13.5. The molecule has 32 heavy (non-hydrogen) atoms. The van der Waals surface area contributed by atoms with Gasteiger partial charge in [-0.05, 0) is 25.0 Å². The van der Waals surface area contributed by atoms with E-state index in [0.717, 1.165) is 0 Å². The molecule has 0 aliphatic heterocycles. The molecule has 0 aliphatic carbocycles. The molecule has 5 nitrogen and oxygen atoms in total. The van der Waals surface area contributed by atoms with Crippen LogP contribution < -0.4 is 0 Å². The third-order valence-electron chi connectivity index (χ3n) is 5.23. The molecule has 0 aromatic heterocycles. The van der Waals surface area contributed by atoms with Gasteiger partial charge in [-0.15, -0.1) is 0 Å². The first-order valence-corrected chi connectivity index (χ1v) is 10.5. The highest BCUT2D eigenvalue weighted by Gasteiger charge is 2.37. The minimum atomic E-state index is -0.802. The standard InChI is InChI=1S/C27H30O5/c1-17(2)26(29)31-24(21-13-9-7-10-14-21)19(5)23(28)20(6)25(32-27(30)18(3)4)22-15-11-8-12-16-22/h7-16,19-20,24-25H,1,3H2,2,4-6H3. The summed E-state index contributed by atoms with van der Waals surface area (Å²) in [7, 11) is 0. The van der Waals surface area contributed by atoms with Crippen LogP contribution in [0.3, 0.4) is 0 Å². The average molecular weight is 435 g/mol. The second-order valence-corrected chi connectivity index (χ2v) is 8.01. The molecule has 5 heteroatoms. The van der Waals surface area contributed by atoms with Crippen molar-refractivity contribution in [1.29, 1.82) is 0 Å². The van der Waals surface area contributed by atoms with Crippen molar-refractivity contribution in [2.24, 2.45) is 11.8 Å². The molecule has 0 N–H and O–H groups in total. The molecule has 2 rings (SSSR count). The molecule has 0 saturated carbocycles. The largest absolute Gasteiger partial charge is 0.453 e. The number of carbonyl (C=O) groups excluding carboxylic acids is 3. The van der Waals surface area contributed by atoms with Crippen LogP contribution in [-0.2, 0) is 23.9 Å². The molecule has 0 radical (unpaired) electrons. The van der Waals surface area contributed by atoms with Gasteiger partial charge in [-0.25, -0.2) is 9.59 Å². The van der Waals surface area contributed by atoms with Gasteiger partial charge in [-0.1, -0.05) is 87.7 Å². The summed E-state index contributed by atoms with van der Waals surface area (Å²) >= 11 is 0. The summed E-state index contributed by atoms with van der Waals surface area (Å²) in [4.78, 5) is 38.1. The van der Waals surface area contributed by atoms with E-state index in [1.54, 1.807) is 52.0 Å². The zero-order valence-corrected chi connectivity index (χ0v) is 19.0. The van der Waals surface area contributed by atoms with Crippen molar-refractivity contribution in [2.45, 2.75) is 39.9 Å².